The van der Waals surface area contributed by atoms with Crippen LogP contribution in [0.1, 0.15) is 13.8 Å². The van der Waals surface area contributed by atoms with Crippen molar-refractivity contribution >= 4 is 35.0 Å². The number of ether oxygens (including phenoxy) is 1. The van der Waals surface area contributed by atoms with Crippen molar-refractivity contribution in [1.82, 2.24) is 15.0 Å². The van der Waals surface area contributed by atoms with Crippen LogP contribution in [0.4, 0.5) is 21.8 Å². The fraction of sp³-hybridized carbons (Fsp3) is 0.231. The molecule has 0 aromatic carbocycles. The minimum atomic E-state index is -0.976. The molecule has 0 unspecified atom stereocenters. The van der Waals surface area contributed by atoms with Crippen molar-refractivity contribution in [3.8, 4) is 5.75 Å². The second-order valence-corrected chi connectivity index (χ2v) is 5.41. The summed E-state index contributed by atoms with van der Waals surface area (Å²) in [7, 11) is 0. The number of nitrogens with zero attached hydrogens (tertiary/aromatic N) is 3. The molecule has 1 aliphatic rings. The van der Waals surface area contributed by atoms with E-state index < -0.39 is 11.4 Å². The number of amides is 1. The summed E-state index contributed by atoms with van der Waals surface area (Å²) in [4.78, 5) is 23.3. The maximum absolute atomic E-state index is 13.6. The van der Waals surface area contributed by atoms with Crippen LogP contribution in [-0.4, -0.2) is 26.5 Å². The van der Waals surface area contributed by atoms with Crippen LogP contribution in [-0.2, 0) is 4.79 Å². The van der Waals surface area contributed by atoms with Gasteiger partial charge in [-0.2, -0.15) is 4.98 Å². The molecule has 22 heavy (non-hydrogen) atoms. The second kappa shape index (κ2) is 5.06. The van der Waals surface area contributed by atoms with Gasteiger partial charge in [0, 0.05) is 0 Å². The van der Waals surface area contributed by atoms with Gasteiger partial charge in [-0.15, -0.1) is 0 Å². The van der Waals surface area contributed by atoms with Crippen molar-refractivity contribution in [3.05, 3.63) is 29.4 Å². The summed E-state index contributed by atoms with van der Waals surface area (Å²) in [6.07, 6.45) is 0.948. The molecule has 2 aromatic heterocycles. The van der Waals surface area contributed by atoms with Gasteiger partial charge in [0.25, 0.3) is 5.91 Å². The molecule has 3 rings (SSSR count). The number of nitrogens with one attached hydrogen (secondary N) is 2. The molecule has 0 fully saturated rings. The summed E-state index contributed by atoms with van der Waals surface area (Å²) < 4.78 is 19.1. The first-order chi connectivity index (χ1) is 10.3. The van der Waals surface area contributed by atoms with E-state index in [1.807, 2.05) is 0 Å². The fourth-order valence-corrected chi connectivity index (χ4v) is 1.96. The van der Waals surface area contributed by atoms with Crippen LogP contribution in [0.25, 0.3) is 0 Å². The van der Waals surface area contributed by atoms with Gasteiger partial charge in [0.2, 0.25) is 5.28 Å². The average Bonchev–Trinajstić information content (AvgIpc) is 2.44. The molecule has 114 valence electrons. The Labute approximate surface area is 129 Å². The van der Waals surface area contributed by atoms with Crippen LogP contribution < -0.4 is 15.4 Å². The van der Waals surface area contributed by atoms with Crippen LogP contribution in [0.15, 0.2) is 18.3 Å². The Morgan fingerprint density at radius 3 is 2.91 bits per heavy atom. The lowest BCUT2D eigenvalue weighted by molar-refractivity contribution is -0.129. The van der Waals surface area contributed by atoms with E-state index >= 15 is 0 Å². The molecule has 0 spiro atoms. The third kappa shape index (κ3) is 2.64. The minimum Gasteiger partial charge on any atom is -0.474 e. The van der Waals surface area contributed by atoms with Gasteiger partial charge in [-0.1, -0.05) is 0 Å². The summed E-state index contributed by atoms with van der Waals surface area (Å²) >= 11 is 5.62. The quantitative estimate of drug-likeness (QED) is 0.825. The van der Waals surface area contributed by atoms with Crippen LogP contribution in [0.2, 0.25) is 5.28 Å². The number of hydrogen-bond acceptors (Lipinski definition) is 6. The van der Waals surface area contributed by atoms with Gasteiger partial charge in [-0.3, -0.25) is 4.79 Å². The van der Waals surface area contributed by atoms with E-state index in [0.29, 0.717) is 5.75 Å². The number of pyridine rings is 1. The number of fused-ring (bicyclic) bond motifs is 1. The number of carbonyl (C=O) groups excluding carboxylic acids is 1. The van der Waals surface area contributed by atoms with E-state index in [1.165, 1.54) is 0 Å². The first-order valence-electron chi connectivity index (χ1n) is 6.32. The fourth-order valence-electron chi connectivity index (χ4n) is 1.82. The van der Waals surface area contributed by atoms with Crippen molar-refractivity contribution < 1.29 is 13.9 Å². The lowest BCUT2D eigenvalue weighted by Gasteiger charge is -2.30. The van der Waals surface area contributed by atoms with E-state index in [9.17, 15) is 9.18 Å². The van der Waals surface area contributed by atoms with E-state index in [0.717, 1.165) is 6.20 Å². The van der Waals surface area contributed by atoms with Gasteiger partial charge in [0.1, 0.15) is 5.82 Å². The van der Waals surface area contributed by atoms with Crippen molar-refractivity contribution in [3.63, 3.8) is 0 Å². The number of aromatic nitrogens is 3. The highest BCUT2D eigenvalue weighted by Gasteiger charge is 2.36. The zero-order chi connectivity index (χ0) is 15.9. The highest BCUT2D eigenvalue weighted by Crippen LogP contribution is 2.33. The van der Waals surface area contributed by atoms with Crippen molar-refractivity contribution in [2.45, 2.75) is 19.4 Å². The summed E-state index contributed by atoms with van der Waals surface area (Å²) in [5.41, 5.74) is -0.976. The van der Waals surface area contributed by atoms with Crippen molar-refractivity contribution in [2.75, 3.05) is 10.6 Å². The molecule has 0 atom stereocenters. The SMILES string of the molecule is CC1(C)Oc2ccc(Nc3nc(Cl)ncc3F)nc2NC1=O. The number of hydrogen-bond donors (Lipinski definition) is 2. The third-order valence-electron chi connectivity index (χ3n) is 2.96. The Bertz CT molecular complexity index is 768. The molecule has 3 heterocycles. The first kappa shape index (κ1) is 14.5. The Balaban J connectivity index is 1.90. The summed E-state index contributed by atoms with van der Waals surface area (Å²) in [5.74, 6) is -0.163. The minimum absolute atomic E-state index is 0.0970. The zero-order valence-electron chi connectivity index (χ0n) is 11.6. The van der Waals surface area contributed by atoms with Crippen LogP contribution in [0.5, 0.6) is 5.75 Å². The topological polar surface area (TPSA) is 89.0 Å². The maximum Gasteiger partial charge on any atom is 0.269 e. The van der Waals surface area contributed by atoms with Gasteiger partial charge in [-0.05, 0) is 37.6 Å². The molecular weight excluding hydrogens is 313 g/mol. The molecule has 1 amide bonds. The normalized spacial score (nSPS) is 15.5. The number of carbonyl (C=O) groups is 1. The van der Waals surface area contributed by atoms with Crippen LogP contribution >= 0.6 is 11.6 Å². The molecule has 0 aliphatic carbocycles. The molecule has 7 nitrogen and oxygen atoms in total. The summed E-state index contributed by atoms with van der Waals surface area (Å²) in [6, 6.07) is 3.19. The smallest absolute Gasteiger partial charge is 0.269 e. The Morgan fingerprint density at radius 2 is 2.14 bits per heavy atom. The number of halogens is 2. The molecular formula is C13H11ClFN5O2. The van der Waals surface area contributed by atoms with Crippen LogP contribution in [0.3, 0.4) is 0 Å². The summed E-state index contributed by atoms with van der Waals surface area (Å²) in [5, 5.41) is 5.21. The molecule has 0 bridgehead atoms. The van der Waals surface area contributed by atoms with E-state index in [-0.39, 0.29) is 28.6 Å². The molecule has 0 saturated heterocycles. The Kier molecular flexibility index (Phi) is 3.32. The lowest BCUT2D eigenvalue weighted by atomic mass is 10.1. The highest BCUT2D eigenvalue weighted by atomic mass is 35.5. The largest absolute Gasteiger partial charge is 0.474 e. The van der Waals surface area contributed by atoms with E-state index in [1.54, 1.807) is 26.0 Å². The molecule has 0 saturated carbocycles. The van der Waals surface area contributed by atoms with Crippen LogP contribution in [0, 0.1) is 5.82 Å². The maximum atomic E-state index is 13.6. The van der Waals surface area contributed by atoms with E-state index in [2.05, 4.69) is 25.6 Å². The van der Waals surface area contributed by atoms with Crippen molar-refractivity contribution in [2.24, 2.45) is 0 Å². The van der Waals surface area contributed by atoms with Gasteiger partial charge in [-0.25, -0.2) is 14.4 Å². The molecule has 9 heteroatoms. The standard InChI is InChI=1S/C13H11ClFN5O2/c1-13(2)11(21)19-10-7(22-13)3-4-8(18-10)17-9-6(15)5-16-12(14)20-9/h3-5H,1-2H3,(H2,16,17,18,19,20,21). The highest BCUT2D eigenvalue weighted by molar-refractivity contribution is 6.28. The third-order valence-corrected chi connectivity index (χ3v) is 3.15. The van der Waals surface area contributed by atoms with Gasteiger partial charge in [0.15, 0.2) is 28.8 Å². The van der Waals surface area contributed by atoms with Gasteiger partial charge in [0.05, 0.1) is 6.20 Å². The molecule has 1 aliphatic heterocycles. The average molecular weight is 324 g/mol. The van der Waals surface area contributed by atoms with Gasteiger partial charge < -0.3 is 15.4 Å². The lowest BCUT2D eigenvalue weighted by Crippen LogP contribution is -2.46. The molecule has 2 aromatic rings. The van der Waals surface area contributed by atoms with Crippen molar-refractivity contribution in [1.29, 1.82) is 0 Å². The predicted octanol–water partition coefficient (Wildman–Crippen LogP) is 2.52. The molecule has 2 N–H and O–H groups in total. The Morgan fingerprint density at radius 1 is 1.36 bits per heavy atom. The number of anilines is 3. The van der Waals surface area contributed by atoms with E-state index in [4.69, 9.17) is 16.3 Å². The Hall–Kier alpha value is -2.48. The molecule has 0 radical (unpaired) electrons. The predicted molar refractivity (Wildman–Crippen MR) is 77.9 cm³/mol. The number of rotatable bonds is 2. The van der Waals surface area contributed by atoms with Gasteiger partial charge >= 0.3 is 0 Å². The second-order valence-electron chi connectivity index (χ2n) is 5.07. The summed E-state index contributed by atoms with van der Waals surface area (Å²) in [6.45, 7) is 3.30. The first-order valence-corrected chi connectivity index (χ1v) is 6.69. The zero-order valence-corrected chi connectivity index (χ0v) is 12.4. The monoisotopic (exact) mass is 323 g/mol.